The van der Waals surface area contributed by atoms with Crippen molar-refractivity contribution in [2.45, 2.75) is 17.5 Å². The summed E-state index contributed by atoms with van der Waals surface area (Å²) in [5, 5.41) is 2.26. The number of methoxy groups -OCH3 is 1. The molecule has 0 saturated carbocycles. The molecule has 3 aromatic heterocycles. The molecular formula is C24H18ClN3O2S2. The Labute approximate surface area is 197 Å². The van der Waals surface area contributed by atoms with E-state index < -0.39 is 0 Å². The molecule has 2 aromatic carbocycles. The van der Waals surface area contributed by atoms with Gasteiger partial charge >= 0.3 is 0 Å². The fourth-order valence-corrected chi connectivity index (χ4v) is 5.77. The zero-order valence-electron chi connectivity index (χ0n) is 17.1. The minimum Gasteiger partial charge on any atom is -0.497 e. The third kappa shape index (κ3) is 3.99. The number of aromatic nitrogens is 3. The molecule has 32 heavy (non-hydrogen) atoms. The van der Waals surface area contributed by atoms with Crippen LogP contribution in [0.1, 0.15) is 11.1 Å². The van der Waals surface area contributed by atoms with Crippen LogP contribution in [0.3, 0.4) is 0 Å². The lowest BCUT2D eigenvalue weighted by molar-refractivity contribution is 0.414. The van der Waals surface area contributed by atoms with Crippen LogP contribution in [0.25, 0.3) is 20.4 Å². The molecule has 5 aromatic rings. The predicted molar refractivity (Wildman–Crippen MR) is 132 cm³/mol. The van der Waals surface area contributed by atoms with Gasteiger partial charge in [0.1, 0.15) is 15.3 Å². The maximum Gasteiger partial charge on any atom is 0.272 e. The third-order valence-electron chi connectivity index (χ3n) is 5.13. The van der Waals surface area contributed by atoms with E-state index in [-0.39, 0.29) is 5.56 Å². The first-order valence-electron chi connectivity index (χ1n) is 9.91. The van der Waals surface area contributed by atoms with Crippen LogP contribution in [0.15, 0.2) is 76.8 Å². The van der Waals surface area contributed by atoms with E-state index in [1.54, 1.807) is 17.9 Å². The summed E-state index contributed by atoms with van der Waals surface area (Å²) in [6, 6.07) is 19.3. The lowest BCUT2D eigenvalue weighted by atomic mass is 10.2. The van der Waals surface area contributed by atoms with Crippen molar-refractivity contribution < 1.29 is 4.74 Å². The van der Waals surface area contributed by atoms with Crippen LogP contribution in [-0.4, -0.2) is 21.6 Å². The molecule has 0 aliphatic rings. The molecule has 0 radical (unpaired) electrons. The highest BCUT2D eigenvalue weighted by molar-refractivity contribution is 7.98. The molecule has 0 fully saturated rings. The molecule has 5 rings (SSSR count). The largest absolute Gasteiger partial charge is 0.497 e. The van der Waals surface area contributed by atoms with Gasteiger partial charge in [-0.1, -0.05) is 53.7 Å². The number of fused-ring (bicyclic) bond motifs is 3. The zero-order chi connectivity index (χ0) is 22.1. The number of hydrogen-bond donors (Lipinski definition) is 0. The van der Waals surface area contributed by atoms with Crippen molar-refractivity contribution in [3.8, 4) is 5.75 Å². The van der Waals surface area contributed by atoms with Crippen molar-refractivity contribution >= 4 is 55.1 Å². The minimum atomic E-state index is -0.0597. The molecule has 0 spiro atoms. The molecular weight excluding hydrogens is 462 g/mol. The van der Waals surface area contributed by atoms with E-state index in [1.807, 2.05) is 60.7 Å². The number of thiophene rings is 1. The summed E-state index contributed by atoms with van der Waals surface area (Å²) in [4.78, 5) is 23.7. The van der Waals surface area contributed by atoms with E-state index in [0.717, 1.165) is 27.1 Å². The summed E-state index contributed by atoms with van der Waals surface area (Å²) < 4.78 is 7.61. The number of hydrogen-bond acceptors (Lipinski definition) is 6. The normalized spacial score (nSPS) is 11.3. The van der Waals surface area contributed by atoms with Crippen molar-refractivity contribution in [2.75, 3.05) is 7.11 Å². The fourth-order valence-electron chi connectivity index (χ4n) is 3.46. The first-order chi connectivity index (χ1) is 15.6. The Balaban J connectivity index is 1.62. The Morgan fingerprint density at radius 3 is 2.69 bits per heavy atom. The monoisotopic (exact) mass is 479 g/mol. The topological polar surface area (TPSA) is 57.0 Å². The lowest BCUT2D eigenvalue weighted by Gasteiger charge is -2.13. The number of pyridine rings is 1. The molecule has 0 aliphatic heterocycles. The van der Waals surface area contributed by atoms with Crippen LogP contribution in [0, 0.1) is 0 Å². The maximum absolute atomic E-state index is 13.6. The maximum atomic E-state index is 13.6. The highest BCUT2D eigenvalue weighted by Crippen LogP contribution is 2.32. The van der Waals surface area contributed by atoms with Gasteiger partial charge in [-0.15, -0.1) is 11.3 Å². The van der Waals surface area contributed by atoms with Crippen LogP contribution < -0.4 is 10.3 Å². The van der Waals surface area contributed by atoms with Crippen molar-refractivity contribution in [1.29, 1.82) is 0 Å². The minimum absolute atomic E-state index is 0.0597. The van der Waals surface area contributed by atoms with Crippen LogP contribution in [0.4, 0.5) is 0 Å². The molecule has 0 atom stereocenters. The zero-order valence-corrected chi connectivity index (χ0v) is 19.5. The van der Waals surface area contributed by atoms with E-state index in [1.165, 1.54) is 23.1 Å². The van der Waals surface area contributed by atoms with Gasteiger partial charge in [0.05, 0.1) is 19.2 Å². The first-order valence-corrected chi connectivity index (χ1v) is 12.1. The second kappa shape index (κ2) is 8.94. The molecule has 3 heterocycles. The van der Waals surface area contributed by atoms with E-state index in [9.17, 15) is 4.79 Å². The van der Waals surface area contributed by atoms with Crippen LogP contribution in [0.5, 0.6) is 5.75 Å². The van der Waals surface area contributed by atoms with Crippen molar-refractivity contribution in [3.05, 3.63) is 93.4 Å². The Bertz CT molecular complexity index is 1480. The number of rotatable bonds is 6. The molecule has 0 aliphatic carbocycles. The average molecular weight is 480 g/mol. The van der Waals surface area contributed by atoms with Gasteiger partial charge in [0.25, 0.3) is 5.56 Å². The molecule has 160 valence electrons. The van der Waals surface area contributed by atoms with Gasteiger partial charge in [0.2, 0.25) is 0 Å². The van der Waals surface area contributed by atoms with Crippen molar-refractivity contribution in [2.24, 2.45) is 0 Å². The average Bonchev–Trinajstić information content (AvgIpc) is 3.20. The van der Waals surface area contributed by atoms with Gasteiger partial charge in [-0.05, 0) is 41.5 Å². The Kier molecular flexibility index (Phi) is 5.87. The first kappa shape index (κ1) is 21.0. The summed E-state index contributed by atoms with van der Waals surface area (Å²) in [7, 11) is 1.64. The summed E-state index contributed by atoms with van der Waals surface area (Å²) in [6.45, 7) is 0.415. The Morgan fingerprint density at radius 1 is 1.09 bits per heavy atom. The third-order valence-corrected chi connectivity index (χ3v) is 7.62. The van der Waals surface area contributed by atoms with Gasteiger partial charge in [-0.3, -0.25) is 9.36 Å². The highest BCUT2D eigenvalue weighted by Gasteiger charge is 2.17. The Hall–Kier alpha value is -2.87. The summed E-state index contributed by atoms with van der Waals surface area (Å²) in [5.41, 5.74) is 2.64. The second-order valence-corrected chi connectivity index (χ2v) is 9.50. The van der Waals surface area contributed by atoms with Gasteiger partial charge in [-0.25, -0.2) is 9.97 Å². The predicted octanol–water partition coefficient (Wildman–Crippen LogP) is 6.01. The van der Waals surface area contributed by atoms with Gasteiger partial charge in [0, 0.05) is 22.4 Å². The number of thioether (sulfide) groups is 1. The number of ether oxygens (including phenoxy) is 1. The van der Waals surface area contributed by atoms with Gasteiger partial charge < -0.3 is 4.74 Å². The van der Waals surface area contributed by atoms with Crippen LogP contribution >= 0.6 is 34.7 Å². The molecule has 0 bridgehead atoms. The number of nitrogens with zero attached hydrogens (tertiary/aromatic N) is 3. The van der Waals surface area contributed by atoms with Crippen LogP contribution in [0.2, 0.25) is 5.02 Å². The van der Waals surface area contributed by atoms with E-state index >= 15 is 0 Å². The highest BCUT2D eigenvalue weighted by atomic mass is 35.5. The van der Waals surface area contributed by atoms with Gasteiger partial charge in [0.15, 0.2) is 5.16 Å². The lowest BCUT2D eigenvalue weighted by Crippen LogP contribution is -2.23. The quantitative estimate of drug-likeness (QED) is 0.220. The molecule has 0 N–H and O–H groups in total. The Morgan fingerprint density at radius 2 is 1.91 bits per heavy atom. The van der Waals surface area contributed by atoms with E-state index in [0.29, 0.717) is 32.7 Å². The second-order valence-electron chi connectivity index (χ2n) is 7.15. The number of benzene rings is 2. The summed E-state index contributed by atoms with van der Waals surface area (Å²) >= 11 is 9.25. The molecule has 8 heteroatoms. The standard InChI is InChI=1S/C24H18ClN3O2S2/c1-30-17-10-8-15(9-11-17)13-28-23(29)21-20(18-6-4-12-26-22(18)32-21)27-24(28)31-14-16-5-2-3-7-19(16)25/h2-12H,13-14H2,1H3. The SMILES string of the molecule is COc1ccc(Cn2c(SCc3ccccc3Cl)nc3c(sc4ncccc43)c2=O)cc1. The van der Waals surface area contributed by atoms with Gasteiger partial charge in [-0.2, -0.15) is 0 Å². The van der Waals surface area contributed by atoms with Crippen LogP contribution in [-0.2, 0) is 12.3 Å². The molecule has 0 amide bonds. The van der Waals surface area contributed by atoms with Crippen molar-refractivity contribution in [3.63, 3.8) is 0 Å². The molecule has 0 saturated heterocycles. The molecule has 0 unspecified atom stereocenters. The van der Waals surface area contributed by atoms with E-state index in [2.05, 4.69) is 4.98 Å². The molecule has 5 nitrogen and oxygen atoms in total. The fraction of sp³-hybridized carbons (Fsp3) is 0.125. The number of halogens is 1. The smallest absolute Gasteiger partial charge is 0.272 e. The summed E-state index contributed by atoms with van der Waals surface area (Å²) in [5.74, 6) is 1.39. The van der Waals surface area contributed by atoms with E-state index in [4.69, 9.17) is 21.3 Å². The van der Waals surface area contributed by atoms with Crippen molar-refractivity contribution in [1.82, 2.24) is 14.5 Å². The summed E-state index contributed by atoms with van der Waals surface area (Å²) in [6.07, 6.45) is 1.74.